The van der Waals surface area contributed by atoms with E-state index in [1.54, 1.807) is 0 Å². The summed E-state index contributed by atoms with van der Waals surface area (Å²) in [5.74, 6) is 1.49. The summed E-state index contributed by atoms with van der Waals surface area (Å²) in [4.78, 5) is 0. The van der Waals surface area contributed by atoms with Gasteiger partial charge in [-0.2, -0.15) is 0 Å². The fourth-order valence-electron chi connectivity index (χ4n) is 3.52. The van der Waals surface area contributed by atoms with Crippen LogP contribution in [0.15, 0.2) is 48.7 Å². The maximum absolute atomic E-state index is 12.6. The molecule has 0 unspecified atom stereocenters. The Balaban J connectivity index is 1.59. The van der Waals surface area contributed by atoms with Crippen LogP contribution in [0, 0.1) is 6.92 Å². The van der Waals surface area contributed by atoms with Crippen molar-refractivity contribution in [3.8, 4) is 11.5 Å². The van der Waals surface area contributed by atoms with Gasteiger partial charge in [-0.1, -0.05) is 43.3 Å². The minimum Gasteiger partial charge on any atom is -0.491 e. The molecule has 0 saturated heterocycles. The third-order valence-electron chi connectivity index (χ3n) is 5.65. The molecule has 0 bridgehead atoms. The number of aromatic nitrogens is 3. The highest BCUT2D eigenvalue weighted by Gasteiger charge is 2.24. The zero-order valence-electron chi connectivity index (χ0n) is 19.6. The molecule has 1 heterocycles. The predicted molar refractivity (Wildman–Crippen MR) is 128 cm³/mol. The monoisotopic (exact) mass is 491 g/mol. The first-order valence-corrected chi connectivity index (χ1v) is 11.6. The fourth-order valence-corrected chi connectivity index (χ4v) is 3.60. The molecule has 0 fully saturated rings. The van der Waals surface area contributed by atoms with Crippen LogP contribution in [-0.2, 0) is 18.6 Å². The number of aliphatic hydroxyl groups excluding tert-OH is 2. The molecule has 7 nitrogen and oxygen atoms in total. The lowest BCUT2D eigenvalue weighted by atomic mass is 9.77. The molecule has 3 rings (SSSR count). The number of rotatable bonds is 12. The molecule has 2 atom stereocenters. The molecule has 9 heteroatoms. The molecule has 0 radical (unpaired) electrons. The van der Waals surface area contributed by atoms with Gasteiger partial charge in [-0.3, -0.25) is 0 Å². The normalized spacial score (nSPS) is 13.5. The first-order chi connectivity index (χ1) is 16.2. The predicted octanol–water partition coefficient (Wildman–Crippen LogP) is 3.80. The summed E-state index contributed by atoms with van der Waals surface area (Å²) in [6.07, 6.45) is -0.0423. The molecule has 0 aliphatic rings. The van der Waals surface area contributed by atoms with Crippen LogP contribution in [0.3, 0.4) is 0 Å². The maximum Gasteiger partial charge on any atom is 0.135 e. The number of benzene rings is 2. The zero-order chi connectivity index (χ0) is 24.7. The van der Waals surface area contributed by atoms with Crippen molar-refractivity contribution >= 4 is 11.6 Å². The van der Waals surface area contributed by atoms with E-state index >= 15 is 0 Å². The Kier molecular flexibility index (Phi) is 8.88. The van der Waals surface area contributed by atoms with Crippen LogP contribution in [0.4, 0.5) is 4.39 Å². The van der Waals surface area contributed by atoms with Crippen molar-refractivity contribution in [2.75, 3.05) is 19.1 Å². The molecule has 2 aromatic carbocycles. The van der Waals surface area contributed by atoms with E-state index in [-0.39, 0.29) is 36.7 Å². The van der Waals surface area contributed by atoms with Gasteiger partial charge in [0.15, 0.2) is 0 Å². The summed E-state index contributed by atoms with van der Waals surface area (Å²) in [5, 5.41) is 27.2. The van der Waals surface area contributed by atoms with Crippen molar-refractivity contribution in [2.45, 2.75) is 51.6 Å². The highest BCUT2D eigenvalue weighted by atomic mass is 35.5. The van der Waals surface area contributed by atoms with Gasteiger partial charge >= 0.3 is 0 Å². The topological polar surface area (TPSA) is 89.6 Å². The molecular formula is C25H31ClFN3O4. The van der Waals surface area contributed by atoms with E-state index in [4.69, 9.17) is 21.1 Å². The average Bonchev–Trinajstić information content (AvgIpc) is 3.29. The second-order valence-electron chi connectivity index (χ2n) is 8.78. The van der Waals surface area contributed by atoms with E-state index in [2.05, 4.69) is 30.2 Å². The van der Waals surface area contributed by atoms with Crippen LogP contribution in [0.2, 0.25) is 0 Å². The molecule has 0 amide bonds. The number of nitrogens with zero attached hydrogens (tertiary/aromatic N) is 3. The van der Waals surface area contributed by atoms with Crippen molar-refractivity contribution in [1.82, 2.24) is 15.0 Å². The SMILES string of the molecule is Cc1cc(C(C)(C)c2ccc(OC[C@@H](O)Cn3cc(CF)nn3)cc2)ccc1OC[C@@H](O)CCl. The van der Waals surface area contributed by atoms with E-state index in [0.29, 0.717) is 5.75 Å². The number of hydrogen-bond donors (Lipinski definition) is 2. The van der Waals surface area contributed by atoms with E-state index in [1.807, 2.05) is 43.3 Å². The average molecular weight is 492 g/mol. The van der Waals surface area contributed by atoms with Gasteiger partial charge in [0.25, 0.3) is 0 Å². The summed E-state index contributed by atoms with van der Waals surface area (Å²) in [6, 6.07) is 13.8. The number of halogens is 2. The van der Waals surface area contributed by atoms with Gasteiger partial charge in [-0.05, 0) is 41.8 Å². The Morgan fingerprint density at radius 3 is 2.32 bits per heavy atom. The van der Waals surface area contributed by atoms with Gasteiger partial charge in [-0.25, -0.2) is 9.07 Å². The molecule has 0 aliphatic heterocycles. The number of hydrogen-bond acceptors (Lipinski definition) is 6. The molecule has 0 spiro atoms. The second kappa shape index (κ2) is 11.6. The van der Waals surface area contributed by atoms with Gasteiger partial charge in [0.2, 0.25) is 0 Å². The lowest BCUT2D eigenvalue weighted by molar-refractivity contribution is 0.0888. The number of ether oxygens (including phenoxy) is 2. The Hall–Kier alpha value is -2.68. The lowest BCUT2D eigenvalue weighted by Crippen LogP contribution is -2.24. The fraction of sp³-hybridized carbons (Fsp3) is 0.440. The van der Waals surface area contributed by atoms with E-state index < -0.39 is 18.9 Å². The summed E-state index contributed by atoms with van der Waals surface area (Å²) in [6.45, 7) is 5.97. The molecule has 0 aliphatic carbocycles. The van der Waals surface area contributed by atoms with Crippen LogP contribution in [0.25, 0.3) is 0 Å². The van der Waals surface area contributed by atoms with Gasteiger partial charge in [0, 0.05) is 5.41 Å². The third kappa shape index (κ3) is 6.68. The largest absolute Gasteiger partial charge is 0.491 e. The maximum atomic E-state index is 12.6. The summed E-state index contributed by atoms with van der Waals surface area (Å²) >= 11 is 5.63. The van der Waals surface area contributed by atoms with E-state index in [0.717, 1.165) is 22.4 Å². The number of aliphatic hydroxyl groups is 2. The molecular weight excluding hydrogens is 461 g/mol. The van der Waals surface area contributed by atoms with Gasteiger partial charge in [-0.15, -0.1) is 16.7 Å². The summed E-state index contributed by atoms with van der Waals surface area (Å²) < 4.78 is 25.3. The molecule has 2 N–H and O–H groups in total. The van der Waals surface area contributed by atoms with Gasteiger partial charge in [0.05, 0.1) is 18.6 Å². The van der Waals surface area contributed by atoms with Crippen molar-refractivity contribution in [3.05, 3.63) is 71.0 Å². The standard InChI is InChI=1S/C25H31ClFN3O4/c1-17-10-19(6-9-24(17)34-15-21(31)11-26)25(2,3)18-4-7-23(8-5-18)33-16-22(32)14-30-13-20(12-27)28-29-30/h4-10,13,21-22,31-32H,11-12,14-16H2,1-3H3/t21-,22-/m0/s1. The quantitative estimate of drug-likeness (QED) is 0.375. The number of alkyl halides is 2. The van der Waals surface area contributed by atoms with Crippen LogP contribution in [-0.4, -0.2) is 56.5 Å². The number of aryl methyl sites for hydroxylation is 1. The minimum absolute atomic E-state index is 0.0760. The molecule has 3 aromatic rings. The summed E-state index contributed by atoms with van der Waals surface area (Å²) in [5.41, 5.74) is 3.17. The van der Waals surface area contributed by atoms with Crippen molar-refractivity contribution in [2.24, 2.45) is 0 Å². The van der Waals surface area contributed by atoms with E-state index in [1.165, 1.54) is 10.9 Å². The molecule has 1 aromatic heterocycles. The van der Waals surface area contributed by atoms with E-state index in [9.17, 15) is 14.6 Å². The smallest absolute Gasteiger partial charge is 0.135 e. The Labute approximate surface area is 204 Å². The molecule has 34 heavy (non-hydrogen) atoms. The van der Waals surface area contributed by atoms with Crippen LogP contribution >= 0.6 is 11.6 Å². The van der Waals surface area contributed by atoms with Crippen LogP contribution < -0.4 is 9.47 Å². The Morgan fingerprint density at radius 1 is 1.03 bits per heavy atom. The van der Waals surface area contributed by atoms with Crippen LogP contribution in [0.1, 0.15) is 36.2 Å². The first-order valence-electron chi connectivity index (χ1n) is 11.1. The third-order valence-corrected chi connectivity index (χ3v) is 6.00. The summed E-state index contributed by atoms with van der Waals surface area (Å²) in [7, 11) is 0. The first kappa shape index (κ1) is 25.9. The Bertz CT molecular complexity index is 1060. The lowest BCUT2D eigenvalue weighted by Gasteiger charge is -2.27. The molecule has 0 saturated carbocycles. The highest BCUT2D eigenvalue weighted by Crippen LogP contribution is 2.34. The second-order valence-corrected chi connectivity index (χ2v) is 9.09. The van der Waals surface area contributed by atoms with Crippen LogP contribution in [0.5, 0.6) is 11.5 Å². The minimum atomic E-state index is -0.806. The van der Waals surface area contributed by atoms with Crippen molar-refractivity contribution in [1.29, 1.82) is 0 Å². The van der Waals surface area contributed by atoms with Crippen molar-refractivity contribution < 1.29 is 24.1 Å². The van der Waals surface area contributed by atoms with Crippen molar-refractivity contribution in [3.63, 3.8) is 0 Å². The Morgan fingerprint density at radius 2 is 1.71 bits per heavy atom. The molecule has 184 valence electrons. The zero-order valence-corrected chi connectivity index (χ0v) is 20.4. The highest BCUT2D eigenvalue weighted by molar-refractivity contribution is 6.18. The van der Waals surface area contributed by atoms with Gasteiger partial charge < -0.3 is 19.7 Å². The van der Waals surface area contributed by atoms with Gasteiger partial charge in [0.1, 0.15) is 49.3 Å².